The van der Waals surface area contributed by atoms with Gasteiger partial charge in [0.2, 0.25) is 0 Å². The molecule has 3 aliphatic carbocycles. The van der Waals surface area contributed by atoms with Crippen LogP contribution < -0.4 is 10.1 Å². The van der Waals surface area contributed by atoms with Gasteiger partial charge in [-0.05, 0) is 86.0 Å². The number of para-hydroxylation sites is 3. The first kappa shape index (κ1) is 24.3. The molecule has 0 aromatic heterocycles. The fourth-order valence-corrected chi connectivity index (χ4v) is 8.51. The fraction of sp³-hybridized carbons (Fsp3) is 0.500. The number of nitrogens with zero attached hydrogens (tertiary/aromatic N) is 1. The quantitative estimate of drug-likeness (QED) is 0.471. The predicted molar refractivity (Wildman–Crippen MR) is 145 cm³/mol. The molecule has 1 aliphatic heterocycles. The van der Waals surface area contributed by atoms with Gasteiger partial charge in [0.25, 0.3) is 11.8 Å². The van der Waals surface area contributed by atoms with Crippen molar-refractivity contribution in [2.45, 2.75) is 64.8 Å². The molecule has 1 unspecified atom stereocenters. The number of ether oxygens (including phenoxy) is 1. The molecule has 3 fully saturated rings. The minimum Gasteiger partial charge on any atom is -0.455 e. The molecule has 2 aromatic carbocycles. The SMILES string of the molecule is CN1C(=O)C(C(=O)Nc2ccccc2Oc2ccccc2)=C[C@@]2(C)C1CC[C@@H]1[C@H]2CC[C@]2(C)CCC[C@@H]12. The van der Waals surface area contributed by atoms with Crippen molar-refractivity contribution in [2.75, 3.05) is 12.4 Å². The van der Waals surface area contributed by atoms with Crippen LogP contribution in [-0.4, -0.2) is 29.8 Å². The monoisotopic (exact) mass is 498 g/mol. The maximum atomic E-state index is 13.7. The minimum atomic E-state index is -0.357. The highest BCUT2D eigenvalue weighted by Gasteiger charge is 2.59. The zero-order valence-corrected chi connectivity index (χ0v) is 22.2. The molecule has 6 atom stereocenters. The number of rotatable bonds is 4. The van der Waals surface area contributed by atoms with Crippen molar-refractivity contribution in [1.82, 2.24) is 4.90 Å². The van der Waals surface area contributed by atoms with Gasteiger partial charge in [0.15, 0.2) is 5.75 Å². The summed E-state index contributed by atoms with van der Waals surface area (Å²) in [6.07, 6.45) is 10.8. The first-order valence-corrected chi connectivity index (χ1v) is 13.9. The lowest BCUT2D eigenvalue weighted by Crippen LogP contribution is -2.60. The van der Waals surface area contributed by atoms with E-state index in [1.54, 1.807) is 0 Å². The van der Waals surface area contributed by atoms with E-state index in [1.165, 1.54) is 38.5 Å². The van der Waals surface area contributed by atoms with E-state index in [0.717, 1.165) is 12.3 Å². The molecule has 37 heavy (non-hydrogen) atoms. The third kappa shape index (κ3) is 3.98. The van der Waals surface area contributed by atoms with E-state index in [2.05, 4.69) is 25.2 Å². The van der Waals surface area contributed by atoms with Crippen molar-refractivity contribution in [3.05, 3.63) is 66.2 Å². The number of nitrogens with one attached hydrogen (secondary N) is 1. The van der Waals surface area contributed by atoms with Crippen LogP contribution in [0.3, 0.4) is 0 Å². The number of hydrogen-bond acceptors (Lipinski definition) is 3. The van der Waals surface area contributed by atoms with E-state index in [9.17, 15) is 9.59 Å². The number of fused-ring (bicyclic) bond motifs is 5. The molecule has 1 heterocycles. The smallest absolute Gasteiger partial charge is 0.261 e. The molecular weight excluding hydrogens is 460 g/mol. The summed E-state index contributed by atoms with van der Waals surface area (Å²) in [7, 11) is 1.89. The first-order chi connectivity index (χ1) is 17.8. The van der Waals surface area contributed by atoms with Gasteiger partial charge in [-0.2, -0.15) is 0 Å². The van der Waals surface area contributed by atoms with Crippen LogP contribution in [0, 0.1) is 28.6 Å². The summed E-state index contributed by atoms with van der Waals surface area (Å²) in [5.41, 5.74) is 1.10. The number of likely N-dealkylation sites (N-methyl/N-ethyl adjacent to an activating group) is 1. The maximum absolute atomic E-state index is 13.7. The Morgan fingerprint density at radius 2 is 1.70 bits per heavy atom. The Bertz CT molecular complexity index is 1240. The van der Waals surface area contributed by atoms with Gasteiger partial charge in [-0.25, -0.2) is 0 Å². The topological polar surface area (TPSA) is 58.6 Å². The highest BCUT2D eigenvalue weighted by molar-refractivity contribution is 6.23. The molecule has 6 rings (SSSR count). The summed E-state index contributed by atoms with van der Waals surface area (Å²) in [5.74, 6) is 2.68. The minimum absolute atomic E-state index is 0.150. The van der Waals surface area contributed by atoms with Crippen molar-refractivity contribution >= 4 is 17.5 Å². The van der Waals surface area contributed by atoms with Crippen LogP contribution in [0.15, 0.2) is 66.2 Å². The van der Waals surface area contributed by atoms with Crippen LogP contribution in [0.25, 0.3) is 0 Å². The number of carbonyl (C=O) groups excluding carboxylic acids is 2. The molecule has 0 spiro atoms. The van der Waals surface area contributed by atoms with Gasteiger partial charge >= 0.3 is 0 Å². The van der Waals surface area contributed by atoms with E-state index >= 15 is 0 Å². The van der Waals surface area contributed by atoms with Gasteiger partial charge in [0.05, 0.1) is 5.69 Å². The van der Waals surface area contributed by atoms with Crippen molar-refractivity contribution < 1.29 is 14.3 Å². The van der Waals surface area contributed by atoms with E-state index in [1.807, 2.05) is 66.5 Å². The molecule has 0 radical (unpaired) electrons. The summed E-state index contributed by atoms with van der Waals surface area (Å²) >= 11 is 0. The third-order valence-electron chi connectivity index (χ3n) is 10.3. The molecule has 2 amide bonds. The summed E-state index contributed by atoms with van der Waals surface area (Å²) < 4.78 is 6.04. The Morgan fingerprint density at radius 3 is 2.51 bits per heavy atom. The van der Waals surface area contributed by atoms with Gasteiger partial charge in [-0.3, -0.25) is 9.59 Å². The lowest BCUT2D eigenvalue weighted by atomic mass is 9.48. The normalized spacial score (nSPS) is 34.6. The highest BCUT2D eigenvalue weighted by Crippen LogP contribution is 2.64. The van der Waals surface area contributed by atoms with E-state index in [-0.39, 0.29) is 28.8 Å². The van der Waals surface area contributed by atoms with Crippen molar-refractivity contribution in [2.24, 2.45) is 28.6 Å². The van der Waals surface area contributed by atoms with Crippen LogP contribution in [0.4, 0.5) is 5.69 Å². The van der Waals surface area contributed by atoms with Crippen LogP contribution in [-0.2, 0) is 9.59 Å². The molecule has 1 N–H and O–H groups in total. The summed E-state index contributed by atoms with van der Waals surface area (Å²) in [6, 6.07) is 17.0. The number of benzene rings is 2. The second-order valence-corrected chi connectivity index (χ2v) is 12.3. The van der Waals surface area contributed by atoms with Crippen LogP contribution >= 0.6 is 0 Å². The molecule has 4 aliphatic rings. The molecule has 194 valence electrons. The molecule has 5 heteroatoms. The Hall–Kier alpha value is -3.08. The Kier molecular flexibility index (Phi) is 5.93. The van der Waals surface area contributed by atoms with Gasteiger partial charge in [-0.15, -0.1) is 0 Å². The lowest BCUT2D eigenvalue weighted by molar-refractivity contribution is -0.141. The number of hydrogen-bond donors (Lipinski definition) is 1. The highest BCUT2D eigenvalue weighted by atomic mass is 16.5. The summed E-state index contributed by atoms with van der Waals surface area (Å²) in [6.45, 7) is 4.82. The van der Waals surface area contributed by atoms with Crippen LogP contribution in [0.1, 0.15) is 58.8 Å². The molecule has 3 saturated carbocycles. The van der Waals surface area contributed by atoms with Crippen molar-refractivity contribution in [3.63, 3.8) is 0 Å². The largest absolute Gasteiger partial charge is 0.455 e. The van der Waals surface area contributed by atoms with Crippen molar-refractivity contribution in [3.8, 4) is 11.5 Å². The van der Waals surface area contributed by atoms with E-state index in [0.29, 0.717) is 34.4 Å². The predicted octanol–water partition coefficient (Wildman–Crippen LogP) is 6.82. The van der Waals surface area contributed by atoms with Crippen LogP contribution in [0.2, 0.25) is 0 Å². The molecule has 5 nitrogen and oxygen atoms in total. The Balaban J connectivity index is 1.30. The summed E-state index contributed by atoms with van der Waals surface area (Å²) in [5, 5.41) is 3.00. The zero-order chi connectivity index (χ0) is 25.8. The lowest BCUT2D eigenvalue weighted by Gasteiger charge is -2.60. The second kappa shape index (κ2) is 9.04. The third-order valence-corrected chi connectivity index (χ3v) is 10.3. The van der Waals surface area contributed by atoms with E-state index < -0.39 is 0 Å². The molecule has 2 aromatic rings. The molecule has 0 saturated heterocycles. The fourth-order valence-electron chi connectivity index (χ4n) is 8.51. The van der Waals surface area contributed by atoms with Gasteiger partial charge in [0.1, 0.15) is 11.3 Å². The second-order valence-electron chi connectivity index (χ2n) is 12.3. The average Bonchev–Trinajstić information content (AvgIpc) is 3.30. The Labute approximate surface area is 220 Å². The number of carbonyl (C=O) groups is 2. The maximum Gasteiger partial charge on any atom is 0.261 e. The number of anilines is 1. The summed E-state index contributed by atoms with van der Waals surface area (Å²) in [4.78, 5) is 29.0. The van der Waals surface area contributed by atoms with E-state index in [4.69, 9.17) is 4.74 Å². The molecular formula is C32H38N2O3. The zero-order valence-electron chi connectivity index (χ0n) is 22.2. The average molecular weight is 499 g/mol. The first-order valence-electron chi connectivity index (χ1n) is 13.9. The Morgan fingerprint density at radius 1 is 0.946 bits per heavy atom. The van der Waals surface area contributed by atoms with Gasteiger partial charge < -0.3 is 15.0 Å². The molecule has 0 bridgehead atoms. The van der Waals surface area contributed by atoms with Gasteiger partial charge in [0, 0.05) is 18.5 Å². The van der Waals surface area contributed by atoms with Gasteiger partial charge in [-0.1, -0.05) is 56.7 Å². The van der Waals surface area contributed by atoms with Crippen molar-refractivity contribution in [1.29, 1.82) is 0 Å². The van der Waals surface area contributed by atoms with Crippen LogP contribution in [0.5, 0.6) is 11.5 Å². The standard InChI is InChI=1S/C32H38N2O3/c1-31-18-9-12-24(31)22-15-16-28-32(2,25(22)17-19-31)20-23(30(36)34(28)3)29(35)33-26-13-7-8-14-27(26)37-21-10-5-4-6-11-21/h4-8,10-11,13-14,20,22,24-25,28H,9,12,15-19H2,1-3H3,(H,33,35)/t22-,24-,25+,28?,31-,32+/m0/s1. The number of amides is 2.